The number of ether oxygens (including phenoxy) is 1. The average molecular weight is 281 g/mol. The summed E-state index contributed by atoms with van der Waals surface area (Å²) in [5.74, 6) is 0.361. The van der Waals surface area contributed by atoms with Gasteiger partial charge in [0.2, 0.25) is 5.88 Å². The van der Waals surface area contributed by atoms with E-state index in [0.717, 1.165) is 12.1 Å². The van der Waals surface area contributed by atoms with Crippen LogP contribution >= 0.6 is 0 Å². The van der Waals surface area contributed by atoms with Gasteiger partial charge in [0.25, 0.3) is 0 Å². The third-order valence-electron chi connectivity index (χ3n) is 2.55. The summed E-state index contributed by atoms with van der Waals surface area (Å²) in [4.78, 5) is 14.7. The molecule has 0 saturated heterocycles. The Labute approximate surface area is 113 Å². The summed E-state index contributed by atoms with van der Waals surface area (Å²) >= 11 is 0. The smallest absolute Gasteiger partial charge is 0.417 e. The zero-order valence-electron chi connectivity index (χ0n) is 10.4. The summed E-state index contributed by atoms with van der Waals surface area (Å²) < 4.78 is 42.4. The van der Waals surface area contributed by atoms with Crippen molar-refractivity contribution >= 4 is 5.78 Å². The van der Waals surface area contributed by atoms with E-state index in [2.05, 4.69) is 4.98 Å². The lowest BCUT2D eigenvalue weighted by Gasteiger charge is -2.08. The summed E-state index contributed by atoms with van der Waals surface area (Å²) in [5.41, 5.74) is -0.311. The molecule has 0 aliphatic carbocycles. The molecule has 1 aromatic heterocycles. The standard InChI is InChI=1S/C14H10F3NO2/c1-9(19)10-2-5-12(6-3-10)20-13-7-4-11(8-18-13)14(15,16)17/h2-8H,1H3. The normalized spacial score (nSPS) is 11.2. The molecule has 0 aliphatic rings. The van der Waals surface area contributed by atoms with Crippen molar-refractivity contribution in [1.29, 1.82) is 0 Å². The predicted molar refractivity (Wildman–Crippen MR) is 65.8 cm³/mol. The summed E-state index contributed by atoms with van der Waals surface area (Å²) in [7, 11) is 0. The highest BCUT2D eigenvalue weighted by atomic mass is 19.4. The summed E-state index contributed by atoms with van der Waals surface area (Å²) in [5, 5.41) is 0. The van der Waals surface area contributed by atoms with Gasteiger partial charge in [-0.05, 0) is 37.3 Å². The summed E-state index contributed by atoms with van der Waals surface area (Å²) in [6, 6.07) is 8.28. The number of carbonyl (C=O) groups excluding carboxylic acids is 1. The van der Waals surface area contributed by atoms with E-state index in [4.69, 9.17) is 4.74 Å². The van der Waals surface area contributed by atoms with Crippen LogP contribution in [-0.2, 0) is 6.18 Å². The second-order valence-corrected chi connectivity index (χ2v) is 4.07. The van der Waals surface area contributed by atoms with Crippen LogP contribution in [-0.4, -0.2) is 10.8 Å². The van der Waals surface area contributed by atoms with Crippen molar-refractivity contribution in [3.05, 3.63) is 53.7 Å². The Bertz CT molecular complexity index is 604. The molecular formula is C14H10F3NO2. The highest BCUT2D eigenvalue weighted by molar-refractivity contribution is 5.94. The lowest BCUT2D eigenvalue weighted by molar-refractivity contribution is -0.137. The van der Waals surface area contributed by atoms with Gasteiger partial charge in [0.1, 0.15) is 5.75 Å². The van der Waals surface area contributed by atoms with Gasteiger partial charge in [0.05, 0.1) is 5.56 Å². The number of hydrogen-bond acceptors (Lipinski definition) is 3. The predicted octanol–water partition coefficient (Wildman–Crippen LogP) is 4.10. The Morgan fingerprint density at radius 3 is 2.20 bits per heavy atom. The fraction of sp³-hybridized carbons (Fsp3) is 0.143. The maximum absolute atomic E-state index is 12.4. The second kappa shape index (κ2) is 5.32. The SMILES string of the molecule is CC(=O)c1ccc(Oc2ccc(C(F)(F)F)cn2)cc1. The van der Waals surface area contributed by atoms with Crippen molar-refractivity contribution in [2.24, 2.45) is 0 Å². The second-order valence-electron chi connectivity index (χ2n) is 4.07. The van der Waals surface area contributed by atoms with Crippen molar-refractivity contribution in [1.82, 2.24) is 4.98 Å². The molecule has 6 heteroatoms. The lowest BCUT2D eigenvalue weighted by Crippen LogP contribution is -2.05. The van der Waals surface area contributed by atoms with Crippen LogP contribution < -0.4 is 4.74 Å². The summed E-state index contributed by atoms with van der Waals surface area (Å²) in [6.07, 6.45) is -3.71. The Hall–Kier alpha value is -2.37. The van der Waals surface area contributed by atoms with Crippen molar-refractivity contribution in [2.45, 2.75) is 13.1 Å². The van der Waals surface area contributed by atoms with Gasteiger partial charge < -0.3 is 4.74 Å². The van der Waals surface area contributed by atoms with Gasteiger partial charge >= 0.3 is 6.18 Å². The van der Waals surface area contributed by atoms with Crippen LogP contribution in [0.1, 0.15) is 22.8 Å². The number of hydrogen-bond donors (Lipinski definition) is 0. The number of pyridine rings is 1. The highest BCUT2D eigenvalue weighted by Gasteiger charge is 2.30. The van der Waals surface area contributed by atoms with Crippen LogP contribution in [0.5, 0.6) is 11.6 Å². The van der Waals surface area contributed by atoms with Gasteiger partial charge in [0.15, 0.2) is 5.78 Å². The molecule has 0 radical (unpaired) electrons. The van der Waals surface area contributed by atoms with Crippen molar-refractivity contribution in [3.63, 3.8) is 0 Å². The maximum Gasteiger partial charge on any atom is 0.417 e. The molecule has 0 spiro atoms. The molecule has 0 fully saturated rings. The molecule has 1 aromatic carbocycles. The van der Waals surface area contributed by atoms with Crippen LogP contribution in [0.3, 0.4) is 0 Å². The van der Waals surface area contributed by atoms with Gasteiger partial charge in [-0.3, -0.25) is 4.79 Å². The van der Waals surface area contributed by atoms with Crippen LogP contribution in [0.15, 0.2) is 42.6 Å². The highest BCUT2D eigenvalue weighted by Crippen LogP contribution is 2.30. The molecule has 0 amide bonds. The molecule has 0 unspecified atom stereocenters. The molecule has 0 bridgehead atoms. The number of nitrogens with zero attached hydrogens (tertiary/aromatic N) is 1. The minimum atomic E-state index is -4.42. The fourth-order valence-corrected chi connectivity index (χ4v) is 1.49. The Morgan fingerprint density at radius 2 is 1.75 bits per heavy atom. The number of benzene rings is 1. The van der Waals surface area contributed by atoms with Crippen LogP contribution in [0, 0.1) is 0 Å². The van der Waals surface area contributed by atoms with Gasteiger partial charge in [0, 0.05) is 17.8 Å². The van der Waals surface area contributed by atoms with E-state index < -0.39 is 11.7 Å². The maximum atomic E-state index is 12.4. The first-order chi connectivity index (χ1) is 9.36. The topological polar surface area (TPSA) is 39.2 Å². The number of aromatic nitrogens is 1. The third kappa shape index (κ3) is 3.34. The first kappa shape index (κ1) is 14.0. The number of ketones is 1. The average Bonchev–Trinajstić information content (AvgIpc) is 2.39. The lowest BCUT2D eigenvalue weighted by atomic mass is 10.1. The van der Waals surface area contributed by atoms with Crippen LogP contribution in [0.25, 0.3) is 0 Å². The van der Waals surface area contributed by atoms with E-state index in [-0.39, 0.29) is 11.7 Å². The number of rotatable bonds is 3. The minimum absolute atomic E-state index is 0.0496. The number of alkyl halides is 3. The molecule has 2 rings (SSSR count). The molecule has 0 atom stereocenters. The van der Waals surface area contributed by atoms with E-state index in [1.54, 1.807) is 24.3 Å². The van der Waals surface area contributed by atoms with Gasteiger partial charge in [-0.2, -0.15) is 13.2 Å². The van der Waals surface area contributed by atoms with Crippen molar-refractivity contribution < 1.29 is 22.7 Å². The van der Waals surface area contributed by atoms with E-state index >= 15 is 0 Å². The molecule has 0 saturated carbocycles. The third-order valence-corrected chi connectivity index (χ3v) is 2.55. The van der Waals surface area contributed by atoms with Crippen LogP contribution in [0.4, 0.5) is 13.2 Å². The van der Waals surface area contributed by atoms with Gasteiger partial charge in [-0.1, -0.05) is 0 Å². The largest absolute Gasteiger partial charge is 0.439 e. The number of halogens is 3. The first-order valence-electron chi connectivity index (χ1n) is 5.68. The molecule has 20 heavy (non-hydrogen) atoms. The Kier molecular flexibility index (Phi) is 3.74. The van der Waals surface area contributed by atoms with E-state index in [1.807, 2.05) is 0 Å². The van der Waals surface area contributed by atoms with E-state index in [0.29, 0.717) is 17.5 Å². The first-order valence-corrected chi connectivity index (χ1v) is 5.68. The molecule has 1 heterocycles. The van der Waals surface area contributed by atoms with Crippen LogP contribution in [0.2, 0.25) is 0 Å². The van der Waals surface area contributed by atoms with Gasteiger partial charge in [-0.25, -0.2) is 4.98 Å². The monoisotopic (exact) mass is 281 g/mol. The van der Waals surface area contributed by atoms with Crippen molar-refractivity contribution in [3.8, 4) is 11.6 Å². The molecule has 104 valence electrons. The Morgan fingerprint density at radius 1 is 1.10 bits per heavy atom. The fourth-order valence-electron chi connectivity index (χ4n) is 1.49. The molecule has 0 aliphatic heterocycles. The van der Waals surface area contributed by atoms with E-state index in [1.165, 1.54) is 6.92 Å². The zero-order valence-corrected chi connectivity index (χ0v) is 10.4. The quantitative estimate of drug-likeness (QED) is 0.795. The molecular weight excluding hydrogens is 271 g/mol. The molecule has 2 aromatic rings. The van der Waals surface area contributed by atoms with Crippen molar-refractivity contribution in [2.75, 3.05) is 0 Å². The molecule has 0 N–H and O–H groups in total. The number of Topliss-reactive ketones (excluding diaryl/α,β-unsaturated/α-hetero) is 1. The Balaban J connectivity index is 2.12. The van der Waals surface area contributed by atoms with Gasteiger partial charge in [-0.15, -0.1) is 0 Å². The van der Waals surface area contributed by atoms with E-state index in [9.17, 15) is 18.0 Å². The molecule has 3 nitrogen and oxygen atoms in total. The number of carbonyl (C=O) groups is 1. The zero-order chi connectivity index (χ0) is 14.8. The summed E-state index contributed by atoms with van der Waals surface area (Å²) in [6.45, 7) is 1.44. The minimum Gasteiger partial charge on any atom is -0.439 e.